The summed E-state index contributed by atoms with van der Waals surface area (Å²) in [4.78, 5) is 13.5. The minimum Gasteiger partial charge on any atom is -0.478 e. The lowest BCUT2D eigenvalue weighted by Crippen LogP contribution is -2.47. The van der Waals surface area contributed by atoms with Crippen molar-refractivity contribution in [3.63, 3.8) is 0 Å². The molecular formula is C13H19N3O3. The van der Waals surface area contributed by atoms with E-state index in [9.17, 15) is 0 Å². The van der Waals surface area contributed by atoms with Crippen LogP contribution in [0.15, 0.2) is 15.0 Å². The van der Waals surface area contributed by atoms with Crippen molar-refractivity contribution in [2.24, 2.45) is 20.4 Å². The number of ether oxygens (including phenoxy) is 3. The Morgan fingerprint density at radius 3 is 1.53 bits per heavy atom. The van der Waals surface area contributed by atoms with Crippen molar-refractivity contribution >= 4 is 17.7 Å². The van der Waals surface area contributed by atoms with E-state index in [1.807, 2.05) is 0 Å². The van der Waals surface area contributed by atoms with Crippen molar-refractivity contribution in [2.75, 3.05) is 39.5 Å². The Kier molecular flexibility index (Phi) is 3.40. The molecule has 0 saturated heterocycles. The fourth-order valence-electron chi connectivity index (χ4n) is 2.75. The second-order valence-electron chi connectivity index (χ2n) is 4.76. The summed E-state index contributed by atoms with van der Waals surface area (Å²) in [6, 6.07) is 0. The third-order valence-corrected chi connectivity index (χ3v) is 3.48. The maximum atomic E-state index is 5.72. The third kappa shape index (κ3) is 1.99. The van der Waals surface area contributed by atoms with Crippen LogP contribution in [0.25, 0.3) is 0 Å². The van der Waals surface area contributed by atoms with Gasteiger partial charge in [-0.3, -0.25) is 15.0 Å². The van der Waals surface area contributed by atoms with E-state index < -0.39 is 5.41 Å². The van der Waals surface area contributed by atoms with E-state index in [1.165, 1.54) is 0 Å². The molecule has 0 aromatic carbocycles. The lowest BCUT2D eigenvalue weighted by molar-refractivity contribution is 0.257. The van der Waals surface area contributed by atoms with Crippen molar-refractivity contribution in [2.45, 2.75) is 19.8 Å². The Morgan fingerprint density at radius 1 is 0.842 bits per heavy atom. The normalized spacial score (nSPS) is 22.3. The smallest absolute Gasteiger partial charge is 0.209 e. The summed E-state index contributed by atoms with van der Waals surface area (Å²) in [6.45, 7) is 6.00. The van der Waals surface area contributed by atoms with Gasteiger partial charge < -0.3 is 14.2 Å². The van der Waals surface area contributed by atoms with Crippen molar-refractivity contribution < 1.29 is 14.2 Å². The van der Waals surface area contributed by atoms with Gasteiger partial charge in [0, 0.05) is 0 Å². The van der Waals surface area contributed by atoms with Gasteiger partial charge >= 0.3 is 0 Å². The van der Waals surface area contributed by atoms with Gasteiger partial charge in [0.15, 0.2) is 5.41 Å². The van der Waals surface area contributed by atoms with Crippen LogP contribution in [0.2, 0.25) is 0 Å². The number of rotatable bonds is 5. The predicted molar refractivity (Wildman–Crippen MR) is 72.1 cm³/mol. The van der Waals surface area contributed by atoms with Gasteiger partial charge in [0.1, 0.15) is 19.8 Å². The molecule has 0 bridgehead atoms. The van der Waals surface area contributed by atoms with Gasteiger partial charge in [-0.25, -0.2) is 0 Å². The largest absolute Gasteiger partial charge is 0.478 e. The Balaban J connectivity index is 2.04. The van der Waals surface area contributed by atoms with Crippen LogP contribution in [-0.2, 0) is 14.2 Å². The van der Waals surface area contributed by atoms with Crippen LogP contribution in [0.3, 0.4) is 0 Å². The summed E-state index contributed by atoms with van der Waals surface area (Å²) >= 11 is 0. The number of aliphatic imine (C=N–C) groups is 3. The van der Waals surface area contributed by atoms with Gasteiger partial charge in [0.25, 0.3) is 0 Å². The van der Waals surface area contributed by atoms with E-state index in [1.54, 1.807) is 0 Å². The molecule has 0 aromatic heterocycles. The van der Waals surface area contributed by atoms with Crippen molar-refractivity contribution in [1.29, 1.82) is 0 Å². The van der Waals surface area contributed by atoms with Gasteiger partial charge in [-0.1, -0.05) is 13.3 Å². The molecule has 0 amide bonds. The average molecular weight is 265 g/mol. The zero-order valence-corrected chi connectivity index (χ0v) is 11.2. The first kappa shape index (κ1) is 12.4. The van der Waals surface area contributed by atoms with E-state index in [-0.39, 0.29) is 0 Å². The molecule has 0 spiro atoms. The quantitative estimate of drug-likeness (QED) is 0.746. The zero-order valence-electron chi connectivity index (χ0n) is 11.2. The van der Waals surface area contributed by atoms with Gasteiger partial charge in [-0.05, 0) is 6.42 Å². The number of hydrogen-bond acceptors (Lipinski definition) is 6. The Labute approximate surface area is 112 Å². The minimum atomic E-state index is -0.627. The molecule has 3 heterocycles. The third-order valence-electron chi connectivity index (χ3n) is 3.48. The lowest BCUT2D eigenvalue weighted by Gasteiger charge is -2.30. The van der Waals surface area contributed by atoms with Gasteiger partial charge in [-0.2, -0.15) is 0 Å². The Bertz CT molecular complexity index is 383. The minimum absolute atomic E-state index is 0.612. The summed E-state index contributed by atoms with van der Waals surface area (Å²) in [5, 5.41) is 0. The summed E-state index contributed by atoms with van der Waals surface area (Å²) in [7, 11) is 0. The molecule has 0 fully saturated rings. The second-order valence-corrected chi connectivity index (χ2v) is 4.76. The molecule has 0 saturated carbocycles. The predicted octanol–water partition coefficient (Wildman–Crippen LogP) is 1.06. The first-order chi connectivity index (χ1) is 9.38. The zero-order chi connectivity index (χ0) is 13.1. The fourth-order valence-corrected chi connectivity index (χ4v) is 2.75. The molecule has 6 heteroatoms. The highest BCUT2D eigenvalue weighted by Crippen LogP contribution is 2.36. The molecule has 0 radical (unpaired) electrons. The van der Waals surface area contributed by atoms with Gasteiger partial charge in [0.05, 0.1) is 19.6 Å². The first-order valence-corrected chi connectivity index (χ1v) is 6.91. The molecule has 0 unspecified atom stereocenters. The van der Waals surface area contributed by atoms with E-state index in [2.05, 4.69) is 21.9 Å². The van der Waals surface area contributed by atoms with Gasteiger partial charge in [-0.15, -0.1) is 0 Å². The monoisotopic (exact) mass is 265 g/mol. The summed E-state index contributed by atoms with van der Waals surface area (Å²) in [5.41, 5.74) is -0.627. The van der Waals surface area contributed by atoms with Gasteiger partial charge in [0.2, 0.25) is 17.7 Å². The van der Waals surface area contributed by atoms with Crippen LogP contribution >= 0.6 is 0 Å². The van der Waals surface area contributed by atoms with E-state index in [4.69, 9.17) is 14.2 Å². The first-order valence-electron chi connectivity index (χ1n) is 6.91. The molecule has 104 valence electrons. The van der Waals surface area contributed by atoms with Crippen LogP contribution in [0.4, 0.5) is 0 Å². The van der Waals surface area contributed by atoms with Crippen molar-refractivity contribution in [1.82, 2.24) is 0 Å². The Morgan fingerprint density at radius 2 is 1.26 bits per heavy atom. The SMILES string of the molecule is CCCC(C1=NCCO1)(C1=NCCO1)C1=NCCO1. The fraction of sp³-hybridized carbons (Fsp3) is 0.769. The number of hydrogen-bond donors (Lipinski definition) is 0. The van der Waals surface area contributed by atoms with Crippen molar-refractivity contribution in [3.05, 3.63) is 0 Å². The molecule has 0 aliphatic carbocycles. The van der Waals surface area contributed by atoms with Crippen LogP contribution in [-0.4, -0.2) is 57.1 Å². The van der Waals surface area contributed by atoms with Crippen LogP contribution in [0, 0.1) is 5.41 Å². The molecule has 19 heavy (non-hydrogen) atoms. The standard InChI is InChI=1S/C13H19N3O3/c1-2-3-13(10-14-4-7-17-10,11-15-5-8-18-11)12-16-6-9-19-12/h2-9H2,1H3. The van der Waals surface area contributed by atoms with Crippen LogP contribution in [0.1, 0.15) is 19.8 Å². The van der Waals surface area contributed by atoms with E-state index in [0.717, 1.165) is 12.8 Å². The topological polar surface area (TPSA) is 64.8 Å². The molecule has 3 aliphatic rings. The summed E-state index contributed by atoms with van der Waals surface area (Å²) in [5.74, 6) is 1.99. The highest BCUT2D eigenvalue weighted by atomic mass is 16.5. The van der Waals surface area contributed by atoms with Crippen molar-refractivity contribution in [3.8, 4) is 0 Å². The molecule has 3 rings (SSSR count). The molecule has 3 aliphatic heterocycles. The molecule has 0 aromatic rings. The van der Waals surface area contributed by atoms with E-state index in [0.29, 0.717) is 57.1 Å². The lowest BCUT2D eigenvalue weighted by atomic mass is 9.82. The summed E-state index contributed by atoms with van der Waals surface area (Å²) < 4.78 is 17.2. The summed E-state index contributed by atoms with van der Waals surface area (Å²) in [6.07, 6.45) is 1.75. The highest BCUT2D eigenvalue weighted by Gasteiger charge is 2.53. The second kappa shape index (κ2) is 5.19. The maximum Gasteiger partial charge on any atom is 0.209 e. The van der Waals surface area contributed by atoms with Crippen LogP contribution < -0.4 is 0 Å². The molecular weight excluding hydrogens is 246 g/mol. The molecule has 6 nitrogen and oxygen atoms in total. The average Bonchev–Trinajstić information content (AvgIpc) is 3.18. The molecule has 0 atom stereocenters. The van der Waals surface area contributed by atoms with Crippen LogP contribution in [0.5, 0.6) is 0 Å². The Hall–Kier alpha value is -1.59. The number of nitrogens with zero attached hydrogens (tertiary/aromatic N) is 3. The maximum absolute atomic E-state index is 5.72. The van der Waals surface area contributed by atoms with E-state index >= 15 is 0 Å². The highest BCUT2D eigenvalue weighted by molar-refractivity contribution is 6.23. The molecule has 0 N–H and O–H groups in total.